The number of carbonyl (C=O) groups is 1. The number of benzene rings is 2. The lowest BCUT2D eigenvalue weighted by Crippen LogP contribution is -2.24. The van der Waals surface area contributed by atoms with Gasteiger partial charge >= 0.3 is 5.97 Å². The van der Waals surface area contributed by atoms with E-state index in [9.17, 15) is 4.79 Å². The number of esters is 1. The number of hydrogen-bond acceptors (Lipinski definition) is 4. The number of hydrogen-bond donors (Lipinski definition) is 2. The van der Waals surface area contributed by atoms with E-state index in [0.29, 0.717) is 21.3 Å². The van der Waals surface area contributed by atoms with Gasteiger partial charge in [-0.05, 0) is 52.4 Å². The Morgan fingerprint density at radius 3 is 2.64 bits per heavy atom. The molecule has 112 valence electrons. The molecule has 3 N–H and O–H groups in total. The van der Waals surface area contributed by atoms with Gasteiger partial charge in [0, 0.05) is 10.0 Å². The van der Waals surface area contributed by atoms with E-state index in [-0.39, 0.29) is 5.11 Å². The van der Waals surface area contributed by atoms with Crippen molar-refractivity contribution in [1.82, 2.24) is 5.43 Å². The van der Waals surface area contributed by atoms with Crippen LogP contribution in [0, 0.1) is 0 Å². The molecule has 0 amide bonds. The van der Waals surface area contributed by atoms with E-state index >= 15 is 0 Å². The van der Waals surface area contributed by atoms with E-state index in [1.807, 2.05) is 6.07 Å². The van der Waals surface area contributed by atoms with Crippen LogP contribution >= 0.6 is 28.1 Å². The lowest BCUT2D eigenvalue weighted by Gasteiger charge is -2.08. The summed E-state index contributed by atoms with van der Waals surface area (Å²) in [6, 6.07) is 14.0. The van der Waals surface area contributed by atoms with Gasteiger partial charge in [0.05, 0.1) is 11.8 Å². The SMILES string of the molecule is NC(=S)NN=Cc1ccccc1OC(=O)c1ccccc1Br. The fourth-order valence-electron chi connectivity index (χ4n) is 1.63. The first-order chi connectivity index (χ1) is 10.6. The van der Waals surface area contributed by atoms with Gasteiger partial charge in [-0.3, -0.25) is 5.43 Å². The Morgan fingerprint density at radius 1 is 1.23 bits per heavy atom. The molecule has 0 saturated carbocycles. The molecule has 22 heavy (non-hydrogen) atoms. The summed E-state index contributed by atoms with van der Waals surface area (Å²) in [6.45, 7) is 0. The Balaban J connectivity index is 2.19. The summed E-state index contributed by atoms with van der Waals surface area (Å²) >= 11 is 7.98. The van der Waals surface area contributed by atoms with Crippen LogP contribution in [0.15, 0.2) is 58.1 Å². The molecule has 0 aliphatic carbocycles. The number of halogens is 1. The molecule has 0 spiro atoms. The van der Waals surface area contributed by atoms with Gasteiger partial charge in [0.1, 0.15) is 5.75 Å². The summed E-state index contributed by atoms with van der Waals surface area (Å²) in [5, 5.41) is 3.91. The van der Waals surface area contributed by atoms with Crippen LogP contribution in [0.1, 0.15) is 15.9 Å². The minimum atomic E-state index is -0.462. The first kappa shape index (κ1) is 16.1. The zero-order valence-electron chi connectivity index (χ0n) is 11.3. The van der Waals surface area contributed by atoms with Crippen LogP contribution in [0.2, 0.25) is 0 Å². The maximum Gasteiger partial charge on any atom is 0.344 e. The highest BCUT2D eigenvalue weighted by Crippen LogP contribution is 2.21. The number of thiocarbonyl (C=S) groups is 1. The highest BCUT2D eigenvalue weighted by atomic mass is 79.9. The second kappa shape index (κ2) is 7.67. The first-order valence-electron chi connectivity index (χ1n) is 6.22. The first-order valence-corrected chi connectivity index (χ1v) is 7.42. The predicted octanol–water partition coefficient (Wildman–Crippen LogP) is 2.84. The number of rotatable bonds is 4. The van der Waals surface area contributed by atoms with Crippen molar-refractivity contribution in [3.8, 4) is 5.75 Å². The molecule has 2 aromatic carbocycles. The number of para-hydroxylation sites is 1. The molecule has 0 bridgehead atoms. The third kappa shape index (κ3) is 4.37. The minimum absolute atomic E-state index is 0.0546. The average molecular weight is 378 g/mol. The Bertz CT molecular complexity index is 734. The summed E-state index contributed by atoms with van der Waals surface area (Å²) in [6.07, 6.45) is 1.47. The van der Waals surface area contributed by atoms with Crippen molar-refractivity contribution in [3.05, 3.63) is 64.1 Å². The second-order valence-electron chi connectivity index (χ2n) is 4.14. The van der Waals surface area contributed by atoms with Gasteiger partial charge < -0.3 is 10.5 Å². The average Bonchev–Trinajstić information content (AvgIpc) is 2.49. The number of nitrogens with one attached hydrogen (secondary N) is 1. The van der Waals surface area contributed by atoms with Crippen molar-refractivity contribution < 1.29 is 9.53 Å². The molecule has 2 rings (SSSR count). The van der Waals surface area contributed by atoms with Crippen molar-refractivity contribution in [2.24, 2.45) is 10.8 Å². The largest absolute Gasteiger partial charge is 0.422 e. The maximum atomic E-state index is 12.2. The van der Waals surface area contributed by atoms with E-state index in [4.69, 9.17) is 10.5 Å². The van der Waals surface area contributed by atoms with Crippen molar-refractivity contribution >= 4 is 45.4 Å². The molecule has 0 aliphatic heterocycles. The lowest BCUT2D eigenvalue weighted by molar-refractivity contribution is 0.0733. The Labute approximate surface area is 141 Å². The van der Waals surface area contributed by atoms with Gasteiger partial charge in [-0.25, -0.2) is 4.79 Å². The second-order valence-corrected chi connectivity index (χ2v) is 5.44. The molecule has 2 aromatic rings. The summed E-state index contributed by atoms with van der Waals surface area (Å²) in [4.78, 5) is 12.2. The molecule has 0 atom stereocenters. The number of carbonyl (C=O) groups excluding carboxylic acids is 1. The minimum Gasteiger partial charge on any atom is -0.422 e. The van der Waals surface area contributed by atoms with Crippen LogP contribution in [-0.2, 0) is 0 Å². The highest BCUT2D eigenvalue weighted by Gasteiger charge is 2.13. The molecule has 0 aromatic heterocycles. The van der Waals surface area contributed by atoms with Crippen molar-refractivity contribution in [2.75, 3.05) is 0 Å². The molecule has 0 heterocycles. The van der Waals surface area contributed by atoms with E-state index in [2.05, 4.69) is 38.7 Å². The highest BCUT2D eigenvalue weighted by molar-refractivity contribution is 9.10. The molecule has 0 saturated heterocycles. The molecule has 0 fully saturated rings. The molecule has 7 heteroatoms. The zero-order chi connectivity index (χ0) is 15.9. The van der Waals surface area contributed by atoms with E-state index in [1.54, 1.807) is 42.5 Å². The summed E-state index contributed by atoms with van der Waals surface area (Å²) in [5.74, 6) is -0.0765. The van der Waals surface area contributed by atoms with Crippen LogP contribution in [0.3, 0.4) is 0 Å². The summed E-state index contributed by atoms with van der Waals surface area (Å²) < 4.78 is 6.09. The van der Waals surface area contributed by atoms with Gasteiger partial charge in [0.2, 0.25) is 0 Å². The summed E-state index contributed by atoms with van der Waals surface area (Å²) in [7, 11) is 0. The molecule has 0 aliphatic rings. The standard InChI is InChI=1S/C15H12BrN3O2S/c16-12-7-3-2-6-11(12)14(20)21-13-8-4-1-5-10(13)9-18-19-15(17)22/h1-9H,(H3,17,19,22). The molecule has 0 unspecified atom stereocenters. The van der Waals surface area contributed by atoms with Gasteiger partial charge in [-0.2, -0.15) is 5.10 Å². The molecular weight excluding hydrogens is 366 g/mol. The van der Waals surface area contributed by atoms with Gasteiger partial charge in [-0.15, -0.1) is 0 Å². The van der Waals surface area contributed by atoms with Crippen LogP contribution < -0.4 is 15.9 Å². The number of ether oxygens (including phenoxy) is 1. The van der Waals surface area contributed by atoms with E-state index in [1.165, 1.54) is 6.21 Å². The number of nitrogens with zero attached hydrogens (tertiary/aromatic N) is 1. The Kier molecular flexibility index (Phi) is 5.62. The third-order valence-corrected chi connectivity index (χ3v) is 3.38. The third-order valence-electron chi connectivity index (χ3n) is 2.59. The quantitative estimate of drug-likeness (QED) is 0.281. The summed E-state index contributed by atoms with van der Waals surface area (Å²) in [5.41, 5.74) is 8.79. The Hall–Kier alpha value is -2.25. The normalized spacial score (nSPS) is 10.4. The topological polar surface area (TPSA) is 76.7 Å². The monoisotopic (exact) mass is 377 g/mol. The molecular formula is C15H12BrN3O2S. The number of nitrogens with two attached hydrogens (primary N) is 1. The van der Waals surface area contributed by atoms with Crippen LogP contribution in [-0.4, -0.2) is 17.3 Å². The Morgan fingerprint density at radius 2 is 1.91 bits per heavy atom. The number of hydrazone groups is 1. The molecule has 0 radical (unpaired) electrons. The molecule has 5 nitrogen and oxygen atoms in total. The predicted molar refractivity (Wildman–Crippen MR) is 93.1 cm³/mol. The van der Waals surface area contributed by atoms with E-state index in [0.717, 1.165) is 0 Å². The fraction of sp³-hybridized carbons (Fsp3) is 0. The van der Waals surface area contributed by atoms with Gasteiger partial charge in [0.25, 0.3) is 0 Å². The van der Waals surface area contributed by atoms with Crippen LogP contribution in [0.5, 0.6) is 5.75 Å². The van der Waals surface area contributed by atoms with E-state index < -0.39 is 5.97 Å². The van der Waals surface area contributed by atoms with Crippen molar-refractivity contribution in [2.45, 2.75) is 0 Å². The van der Waals surface area contributed by atoms with Gasteiger partial charge in [-0.1, -0.05) is 24.3 Å². The van der Waals surface area contributed by atoms with Crippen LogP contribution in [0.25, 0.3) is 0 Å². The smallest absolute Gasteiger partial charge is 0.344 e. The maximum absolute atomic E-state index is 12.2. The van der Waals surface area contributed by atoms with Crippen molar-refractivity contribution in [1.29, 1.82) is 0 Å². The lowest BCUT2D eigenvalue weighted by atomic mass is 10.2. The van der Waals surface area contributed by atoms with Crippen molar-refractivity contribution in [3.63, 3.8) is 0 Å². The fourth-order valence-corrected chi connectivity index (χ4v) is 2.13. The van der Waals surface area contributed by atoms with Crippen LogP contribution in [0.4, 0.5) is 0 Å². The zero-order valence-corrected chi connectivity index (χ0v) is 13.7. The van der Waals surface area contributed by atoms with Gasteiger partial charge in [0.15, 0.2) is 5.11 Å².